The van der Waals surface area contributed by atoms with Gasteiger partial charge in [-0.25, -0.2) is 13.1 Å². The summed E-state index contributed by atoms with van der Waals surface area (Å²) >= 11 is 7.82. The summed E-state index contributed by atoms with van der Waals surface area (Å²) < 4.78 is 28.3. The average Bonchev–Trinajstić information content (AvgIpc) is 2.50. The van der Waals surface area contributed by atoms with Crippen LogP contribution in [0.2, 0.25) is 5.02 Å². The molecule has 23 heavy (non-hydrogen) atoms. The molecule has 3 nitrogen and oxygen atoms in total. The number of hydrogen-bond acceptors (Lipinski definition) is 3. The SMILES string of the molecule is Cc1ccc(S(=O)(=O)N[C@H]2CCSc3ccc(Cl)cc32)cc1C. The molecule has 122 valence electrons. The molecule has 0 bridgehead atoms. The van der Waals surface area contributed by atoms with Crippen molar-refractivity contribution in [1.82, 2.24) is 4.72 Å². The topological polar surface area (TPSA) is 46.2 Å². The van der Waals surface area contributed by atoms with E-state index in [0.717, 1.165) is 33.8 Å². The van der Waals surface area contributed by atoms with Gasteiger partial charge < -0.3 is 0 Å². The van der Waals surface area contributed by atoms with Gasteiger partial charge in [0.25, 0.3) is 0 Å². The summed E-state index contributed by atoms with van der Waals surface area (Å²) in [7, 11) is -3.56. The van der Waals surface area contributed by atoms with Crippen LogP contribution >= 0.6 is 23.4 Å². The Labute approximate surface area is 146 Å². The van der Waals surface area contributed by atoms with Crippen molar-refractivity contribution in [3.63, 3.8) is 0 Å². The molecule has 1 N–H and O–H groups in total. The van der Waals surface area contributed by atoms with E-state index in [1.54, 1.807) is 23.9 Å². The first-order valence-electron chi connectivity index (χ1n) is 7.39. The van der Waals surface area contributed by atoms with Crippen molar-refractivity contribution in [2.75, 3.05) is 5.75 Å². The molecule has 2 aromatic carbocycles. The molecular weight excluding hydrogens is 350 g/mol. The zero-order valence-electron chi connectivity index (χ0n) is 13.0. The molecule has 1 heterocycles. The Morgan fingerprint density at radius 3 is 2.65 bits per heavy atom. The highest BCUT2D eigenvalue weighted by Gasteiger charge is 2.26. The fraction of sp³-hybridized carbons (Fsp3) is 0.294. The number of aryl methyl sites for hydroxylation is 2. The maximum Gasteiger partial charge on any atom is 0.241 e. The van der Waals surface area contributed by atoms with Gasteiger partial charge in [0.15, 0.2) is 0 Å². The van der Waals surface area contributed by atoms with Crippen molar-refractivity contribution in [3.8, 4) is 0 Å². The number of sulfonamides is 1. The summed E-state index contributed by atoms with van der Waals surface area (Å²) in [5.41, 5.74) is 3.01. The maximum absolute atomic E-state index is 12.7. The third kappa shape index (κ3) is 3.58. The van der Waals surface area contributed by atoms with E-state index in [4.69, 9.17) is 11.6 Å². The van der Waals surface area contributed by atoms with Gasteiger partial charge in [-0.2, -0.15) is 0 Å². The van der Waals surface area contributed by atoms with Gasteiger partial charge in [-0.3, -0.25) is 0 Å². The number of hydrogen-bond donors (Lipinski definition) is 1. The fourth-order valence-electron chi connectivity index (χ4n) is 2.62. The van der Waals surface area contributed by atoms with Crippen LogP contribution in [0.3, 0.4) is 0 Å². The Balaban J connectivity index is 1.93. The summed E-state index contributed by atoms with van der Waals surface area (Å²) in [4.78, 5) is 1.40. The predicted octanol–water partition coefficient (Wildman–Crippen LogP) is 4.47. The van der Waals surface area contributed by atoms with Crippen LogP contribution in [0.15, 0.2) is 46.2 Å². The first-order valence-corrected chi connectivity index (χ1v) is 10.2. The lowest BCUT2D eigenvalue weighted by Crippen LogP contribution is -2.30. The highest BCUT2D eigenvalue weighted by atomic mass is 35.5. The van der Waals surface area contributed by atoms with Crippen molar-refractivity contribution in [3.05, 3.63) is 58.1 Å². The smallest absolute Gasteiger partial charge is 0.207 e. The molecule has 0 aromatic heterocycles. The van der Waals surface area contributed by atoms with E-state index in [0.29, 0.717) is 9.92 Å². The third-order valence-corrected chi connectivity index (χ3v) is 6.92. The summed E-state index contributed by atoms with van der Waals surface area (Å²) in [5.74, 6) is 0.884. The Morgan fingerprint density at radius 2 is 1.91 bits per heavy atom. The molecule has 0 saturated heterocycles. The molecule has 0 radical (unpaired) electrons. The molecule has 3 rings (SSSR count). The quantitative estimate of drug-likeness (QED) is 0.870. The second-order valence-electron chi connectivity index (χ2n) is 5.74. The van der Waals surface area contributed by atoms with Crippen LogP contribution in [0.1, 0.15) is 29.2 Å². The van der Waals surface area contributed by atoms with Gasteiger partial charge in [0.2, 0.25) is 10.0 Å². The molecule has 0 aliphatic carbocycles. The van der Waals surface area contributed by atoms with Crippen LogP contribution in [0.4, 0.5) is 0 Å². The summed E-state index contributed by atoms with van der Waals surface area (Å²) in [6, 6.07) is 10.6. The minimum Gasteiger partial charge on any atom is -0.207 e. The highest BCUT2D eigenvalue weighted by molar-refractivity contribution is 7.99. The molecule has 1 aliphatic rings. The highest BCUT2D eigenvalue weighted by Crippen LogP contribution is 2.38. The molecule has 1 aliphatic heterocycles. The Morgan fingerprint density at radius 1 is 1.13 bits per heavy atom. The van der Waals surface area contributed by atoms with Crippen LogP contribution in [-0.2, 0) is 10.0 Å². The molecule has 0 fully saturated rings. The monoisotopic (exact) mass is 367 g/mol. The molecule has 0 spiro atoms. The van der Waals surface area contributed by atoms with Crippen molar-refractivity contribution in [1.29, 1.82) is 0 Å². The van der Waals surface area contributed by atoms with Crippen LogP contribution in [0.25, 0.3) is 0 Å². The van der Waals surface area contributed by atoms with Crippen LogP contribution in [0.5, 0.6) is 0 Å². The average molecular weight is 368 g/mol. The third-order valence-electron chi connectivity index (χ3n) is 4.10. The maximum atomic E-state index is 12.7. The molecule has 2 aromatic rings. The predicted molar refractivity (Wildman–Crippen MR) is 95.8 cm³/mol. The largest absolute Gasteiger partial charge is 0.241 e. The second kappa shape index (κ2) is 6.48. The zero-order valence-corrected chi connectivity index (χ0v) is 15.4. The Hall–Kier alpha value is -1.01. The van der Waals surface area contributed by atoms with E-state index in [-0.39, 0.29) is 6.04 Å². The summed E-state index contributed by atoms with van der Waals surface area (Å²) in [5, 5.41) is 0.627. The van der Waals surface area contributed by atoms with Crippen LogP contribution in [0, 0.1) is 13.8 Å². The number of thioether (sulfide) groups is 1. The van der Waals surface area contributed by atoms with Crippen molar-refractivity contribution in [2.45, 2.75) is 36.1 Å². The Bertz CT molecular complexity index is 850. The lowest BCUT2D eigenvalue weighted by Gasteiger charge is -2.26. The van der Waals surface area contributed by atoms with E-state index in [9.17, 15) is 8.42 Å². The second-order valence-corrected chi connectivity index (χ2v) is 9.03. The van der Waals surface area contributed by atoms with E-state index >= 15 is 0 Å². The standard InChI is InChI=1S/C17H18ClNO2S2/c1-11-3-5-14(9-12(11)2)23(20,21)19-16-7-8-22-17-6-4-13(18)10-15(16)17/h3-6,9-10,16,19H,7-8H2,1-2H3/t16-/m0/s1. The van der Waals surface area contributed by atoms with Crippen molar-refractivity contribution in [2.24, 2.45) is 0 Å². The molecular formula is C17H18ClNO2S2. The van der Waals surface area contributed by atoms with Gasteiger partial charge in [-0.05, 0) is 73.0 Å². The first kappa shape index (κ1) is 16.8. The van der Waals surface area contributed by atoms with Gasteiger partial charge in [-0.15, -0.1) is 11.8 Å². The lowest BCUT2D eigenvalue weighted by molar-refractivity contribution is 0.546. The van der Waals surface area contributed by atoms with Crippen LogP contribution in [-0.4, -0.2) is 14.2 Å². The van der Waals surface area contributed by atoms with Gasteiger partial charge >= 0.3 is 0 Å². The molecule has 1 atom stereocenters. The van der Waals surface area contributed by atoms with E-state index in [1.807, 2.05) is 38.1 Å². The van der Waals surface area contributed by atoms with Gasteiger partial charge in [0.1, 0.15) is 0 Å². The van der Waals surface area contributed by atoms with Gasteiger partial charge in [0, 0.05) is 16.0 Å². The van der Waals surface area contributed by atoms with E-state index < -0.39 is 10.0 Å². The molecule has 0 saturated carbocycles. The van der Waals surface area contributed by atoms with E-state index in [1.165, 1.54) is 0 Å². The molecule has 0 unspecified atom stereocenters. The molecule has 0 amide bonds. The summed E-state index contributed by atoms with van der Waals surface area (Å²) in [6.07, 6.45) is 0.752. The number of fused-ring (bicyclic) bond motifs is 1. The summed E-state index contributed by atoms with van der Waals surface area (Å²) in [6.45, 7) is 3.89. The fourth-order valence-corrected chi connectivity index (χ4v) is 5.24. The number of benzene rings is 2. The first-order chi connectivity index (χ1) is 10.9. The van der Waals surface area contributed by atoms with Crippen molar-refractivity contribution < 1.29 is 8.42 Å². The normalized spacial score (nSPS) is 17.8. The number of nitrogens with one attached hydrogen (secondary N) is 1. The molecule has 6 heteroatoms. The van der Waals surface area contributed by atoms with Crippen LogP contribution < -0.4 is 4.72 Å². The Kier molecular flexibility index (Phi) is 4.74. The minimum absolute atomic E-state index is 0.239. The van der Waals surface area contributed by atoms with Gasteiger partial charge in [0.05, 0.1) is 4.90 Å². The zero-order chi connectivity index (χ0) is 16.6. The minimum atomic E-state index is -3.56. The van der Waals surface area contributed by atoms with E-state index in [2.05, 4.69) is 4.72 Å². The lowest BCUT2D eigenvalue weighted by atomic mass is 10.1. The number of halogens is 1. The van der Waals surface area contributed by atoms with Gasteiger partial charge in [-0.1, -0.05) is 17.7 Å². The van der Waals surface area contributed by atoms with Crippen molar-refractivity contribution >= 4 is 33.4 Å². The number of rotatable bonds is 3.